The summed E-state index contributed by atoms with van der Waals surface area (Å²) in [7, 11) is 1.94. The van der Waals surface area contributed by atoms with Gasteiger partial charge in [-0.05, 0) is 81.7 Å². The van der Waals surface area contributed by atoms with Crippen LogP contribution in [0, 0.1) is 13.8 Å². The van der Waals surface area contributed by atoms with Crippen molar-refractivity contribution in [2.45, 2.75) is 63.2 Å². The van der Waals surface area contributed by atoms with Gasteiger partial charge in [0.05, 0.1) is 24.7 Å². The van der Waals surface area contributed by atoms with Gasteiger partial charge >= 0.3 is 0 Å². The normalized spacial score (nSPS) is 19.4. The molecule has 0 aliphatic carbocycles. The van der Waals surface area contributed by atoms with Crippen molar-refractivity contribution in [2.75, 3.05) is 47.5 Å². The van der Waals surface area contributed by atoms with Crippen molar-refractivity contribution in [3.8, 4) is 5.75 Å². The standard InChI is InChI=1S/C33H44N4O5S/c1-24-19-29(41-5)20-25(2)33(24)43(39,40)37-16-10-9-13-28(37)22-42-23-31(38)36-18-17-35-27(21-34(3)4)14-15-30(35)32(36)26-11-7-6-8-12-26/h6-8,11-12,14-15,19-20,28,32H,9-10,13,16-18,21-23H2,1-5H3. The lowest BCUT2D eigenvalue weighted by atomic mass is 10.00. The Labute approximate surface area is 256 Å². The summed E-state index contributed by atoms with van der Waals surface area (Å²) in [5.74, 6) is 0.543. The fourth-order valence-electron chi connectivity index (χ4n) is 6.63. The number of carbonyl (C=O) groups excluding carboxylic acids is 1. The number of aromatic nitrogens is 1. The number of sulfonamides is 1. The summed E-state index contributed by atoms with van der Waals surface area (Å²) in [6, 6.07) is 17.4. The zero-order valence-corrected chi connectivity index (χ0v) is 26.8. The maximum absolute atomic E-state index is 13.9. The topological polar surface area (TPSA) is 84.3 Å². The molecule has 2 aliphatic heterocycles. The van der Waals surface area contributed by atoms with E-state index in [-0.39, 0.29) is 31.2 Å². The van der Waals surface area contributed by atoms with Gasteiger partial charge in [0.15, 0.2) is 0 Å². The van der Waals surface area contributed by atoms with Gasteiger partial charge < -0.3 is 23.8 Å². The van der Waals surface area contributed by atoms with Gasteiger partial charge in [-0.15, -0.1) is 0 Å². The highest BCUT2D eigenvalue weighted by molar-refractivity contribution is 7.89. The van der Waals surface area contributed by atoms with Crippen LogP contribution in [-0.2, 0) is 32.6 Å². The van der Waals surface area contributed by atoms with E-state index in [4.69, 9.17) is 9.47 Å². The Morgan fingerprint density at radius 3 is 2.37 bits per heavy atom. The Hall–Kier alpha value is -3.18. The van der Waals surface area contributed by atoms with Crippen molar-refractivity contribution >= 4 is 15.9 Å². The maximum atomic E-state index is 13.9. The van der Waals surface area contributed by atoms with E-state index in [9.17, 15) is 13.2 Å². The molecule has 0 saturated carbocycles. The molecule has 232 valence electrons. The van der Waals surface area contributed by atoms with E-state index < -0.39 is 10.0 Å². The molecule has 10 heteroatoms. The summed E-state index contributed by atoms with van der Waals surface area (Å²) < 4.78 is 43.1. The molecule has 0 radical (unpaired) electrons. The number of aryl methyl sites for hydroxylation is 2. The second-order valence-corrected chi connectivity index (χ2v) is 13.7. The lowest BCUT2D eigenvalue weighted by Crippen LogP contribution is -2.47. The molecule has 0 spiro atoms. The van der Waals surface area contributed by atoms with E-state index in [0.29, 0.717) is 41.3 Å². The lowest BCUT2D eigenvalue weighted by Gasteiger charge is -2.38. The third-order valence-electron chi connectivity index (χ3n) is 8.52. The van der Waals surface area contributed by atoms with Crippen LogP contribution in [0.15, 0.2) is 59.5 Å². The number of hydrogen-bond donors (Lipinski definition) is 0. The lowest BCUT2D eigenvalue weighted by molar-refractivity contribution is -0.139. The summed E-state index contributed by atoms with van der Waals surface area (Å²) in [4.78, 5) is 18.1. The zero-order valence-electron chi connectivity index (χ0n) is 26.0. The molecule has 43 heavy (non-hydrogen) atoms. The maximum Gasteiger partial charge on any atom is 0.249 e. The van der Waals surface area contributed by atoms with Gasteiger partial charge in [-0.3, -0.25) is 4.79 Å². The summed E-state index contributed by atoms with van der Waals surface area (Å²) in [5.41, 5.74) is 4.70. The summed E-state index contributed by atoms with van der Waals surface area (Å²) in [6.07, 6.45) is 2.41. The van der Waals surface area contributed by atoms with Gasteiger partial charge in [0.25, 0.3) is 0 Å². The van der Waals surface area contributed by atoms with Gasteiger partial charge in [-0.25, -0.2) is 8.42 Å². The Morgan fingerprint density at radius 1 is 0.977 bits per heavy atom. The first kappa shape index (κ1) is 31.3. The number of fused-ring (bicyclic) bond motifs is 1. The quantitative estimate of drug-likeness (QED) is 0.340. The molecule has 1 saturated heterocycles. The number of rotatable bonds is 10. The first-order valence-electron chi connectivity index (χ1n) is 15.0. The molecule has 9 nitrogen and oxygen atoms in total. The molecule has 1 aromatic heterocycles. The second kappa shape index (κ2) is 13.2. The molecular weight excluding hydrogens is 564 g/mol. The Bertz CT molecular complexity index is 1510. The molecule has 5 rings (SSSR count). The number of ether oxygens (including phenoxy) is 2. The monoisotopic (exact) mass is 608 g/mol. The molecule has 0 N–H and O–H groups in total. The molecule has 2 atom stereocenters. The average Bonchev–Trinajstić information content (AvgIpc) is 3.38. The molecule has 2 aromatic carbocycles. The molecule has 3 heterocycles. The molecule has 1 amide bonds. The largest absolute Gasteiger partial charge is 0.497 e. The summed E-state index contributed by atoms with van der Waals surface area (Å²) in [6.45, 7) is 6.24. The highest BCUT2D eigenvalue weighted by atomic mass is 32.2. The van der Waals surface area contributed by atoms with Crippen molar-refractivity contribution in [3.63, 3.8) is 0 Å². The first-order chi connectivity index (χ1) is 20.6. The Morgan fingerprint density at radius 2 is 1.70 bits per heavy atom. The van der Waals surface area contributed by atoms with Crippen LogP contribution in [0.5, 0.6) is 5.75 Å². The number of amides is 1. The van der Waals surface area contributed by atoms with E-state index in [1.54, 1.807) is 37.4 Å². The van der Waals surface area contributed by atoms with Crippen LogP contribution in [0.25, 0.3) is 0 Å². The van der Waals surface area contributed by atoms with Crippen LogP contribution in [0.1, 0.15) is 53.4 Å². The van der Waals surface area contributed by atoms with Gasteiger partial charge in [0, 0.05) is 43.6 Å². The molecular formula is C33H44N4O5S. The smallest absolute Gasteiger partial charge is 0.249 e. The molecule has 2 unspecified atom stereocenters. The molecule has 0 bridgehead atoms. The summed E-state index contributed by atoms with van der Waals surface area (Å²) >= 11 is 0. The second-order valence-electron chi connectivity index (χ2n) is 11.9. The van der Waals surface area contributed by atoms with Crippen LogP contribution < -0.4 is 4.74 Å². The average molecular weight is 609 g/mol. The van der Waals surface area contributed by atoms with Crippen molar-refractivity contribution < 1.29 is 22.7 Å². The Kier molecular flexibility index (Phi) is 9.60. The van der Waals surface area contributed by atoms with Gasteiger partial charge in [0.2, 0.25) is 15.9 Å². The van der Waals surface area contributed by atoms with E-state index in [1.807, 2.05) is 23.1 Å². The number of methoxy groups -OCH3 is 1. The molecule has 1 fully saturated rings. The number of benzene rings is 2. The third kappa shape index (κ3) is 6.52. The highest BCUT2D eigenvalue weighted by Gasteiger charge is 2.37. The van der Waals surface area contributed by atoms with Gasteiger partial charge in [-0.2, -0.15) is 4.31 Å². The Balaban J connectivity index is 1.31. The van der Waals surface area contributed by atoms with Gasteiger partial charge in [-0.1, -0.05) is 36.8 Å². The third-order valence-corrected chi connectivity index (χ3v) is 10.8. The number of piperidine rings is 1. The highest BCUT2D eigenvalue weighted by Crippen LogP contribution is 2.35. The number of hydrogen-bond acceptors (Lipinski definition) is 6. The fourth-order valence-corrected chi connectivity index (χ4v) is 8.72. The minimum Gasteiger partial charge on any atom is -0.497 e. The zero-order chi connectivity index (χ0) is 30.7. The van der Waals surface area contributed by atoms with E-state index >= 15 is 0 Å². The van der Waals surface area contributed by atoms with Crippen LogP contribution in [0.2, 0.25) is 0 Å². The van der Waals surface area contributed by atoms with Crippen LogP contribution in [0.4, 0.5) is 0 Å². The fraction of sp³-hybridized carbons (Fsp3) is 0.485. The molecule has 3 aromatic rings. The minimum absolute atomic E-state index is 0.0949. The predicted molar refractivity (Wildman–Crippen MR) is 167 cm³/mol. The van der Waals surface area contributed by atoms with Gasteiger partial charge in [0.1, 0.15) is 12.4 Å². The van der Waals surface area contributed by atoms with E-state index in [1.165, 1.54) is 5.69 Å². The van der Waals surface area contributed by atoms with Crippen molar-refractivity contribution in [1.29, 1.82) is 0 Å². The SMILES string of the molecule is COc1cc(C)c(S(=O)(=O)N2CCCCC2COCC(=O)N2CCn3c(CN(C)C)ccc3C2c2ccccc2)c(C)c1. The van der Waals surface area contributed by atoms with E-state index in [2.05, 4.69) is 47.8 Å². The van der Waals surface area contributed by atoms with Crippen molar-refractivity contribution in [1.82, 2.24) is 18.7 Å². The minimum atomic E-state index is -3.76. The van der Waals surface area contributed by atoms with E-state index in [0.717, 1.165) is 37.2 Å². The van der Waals surface area contributed by atoms with Crippen LogP contribution >= 0.6 is 0 Å². The van der Waals surface area contributed by atoms with Crippen LogP contribution in [0.3, 0.4) is 0 Å². The number of carbonyl (C=O) groups is 1. The number of nitrogens with zero attached hydrogens (tertiary/aromatic N) is 4. The first-order valence-corrected chi connectivity index (χ1v) is 16.5. The predicted octanol–water partition coefficient (Wildman–Crippen LogP) is 4.37. The molecule has 2 aliphatic rings. The summed E-state index contributed by atoms with van der Waals surface area (Å²) in [5, 5.41) is 0. The van der Waals surface area contributed by atoms with Crippen molar-refractivity contribution in [2.24, 2.45) is 0 Å². The van der Waals surface area contributed by atoms with Crippen molar-refractivity contribution in [3.05, 3.63) is 82.7 Å². The van der Waals surface area contributed by atoms with Crippen LogP contribution in [-0.4, -0.2) is 86.5 Å².